The van der Waals surface area contributed by atoms with E-state index in [1.54, 1.807) is 24.4 Å². The molecule has 1 aromatic heterocycles. The Bertz CT molecular complexity index is 1380. The molecule has 0 aliphatic heterocycles. The molecule has 3 N–H and O–H groups in total. The summed E-state index contributed by atoms with van der Waals surface area (Å²) in [6.45, 7) is 4.21. The van der Waals surface area contributed by atoms with Crippen molar-refractivity contribution in [1.82, 2.24) is 10.3 Å². The number of hydrogen-bond donors (Lipinski definition) is 3. The van der Waals surface area contributed by atoms with Crippen molar-refractivity contribution in [1.29, 1.82) is 5.26 Å². The van der Waals surface area contributed by atoms with E-state index in [1.165, 1.54) is 0 Å². The van der Waals surface area contributed by atoms with Gasteiger partial charge in [-0.25, -0.2) is 4.98 Å². The monoisotopic (exact) mass is 495 g/mol. The molecule has 0 unspecified atom stereocenters. The fraction of sp³-hybridized carbons (Fsp3) is 0.138. The molecule has 6 nitrogen and oxygen atoms in total. The summed E-state index contributed by atoms with van der Waals surface area (Å²) in [5, 5.41) is 19.3. The van der Waals surface area contributed by atoms with Crippen molar-refractivity contribution in [2.75, 3.05) is 23.7 Å². The molecule has 180 valence electrons. The Morgan fingerprint density at radius 1 is 1.00 bits per heavy atom. The molecule has 3 aromatic carbocycles. The van der Waals surface area contributed by atoms with Crippen molar-refractivity contribution in [3.8, 4) is 17.2 Å². The second-order valence-electron chi connectivity index (χ2n) is 8.34. The molecule has 0 radical (unpaired) electrons. The Morgan fingerprint density at radius 3 is 2.56 bits per heavy atom. The summed E-state index contributed by atoms with van der Waals surface area (Å²) in [5.41, 5.74) is 5.87. The minimum absolute atomic E-state index is 0.211. The molecule has 0 fully saturated rings. The minimum atomic E-state index is -0.211. The van der Waals surface area contributed by atoms with Crippen molar-refractivity contribution < 1.29 is 4.79 Å². The number of halogens is 1. The lowest BCUT2D eigenvalue weighted by molar-refractivity contribution is 0.102. The van der Waals surface area contributed by atoms with E-state index < -0.39 is 0 Å². The molecular weight excluding hydrogens is 470 g/mol. The lowest BCUT2D eigenvalue weighted by Crippen LogP contribution is -2.22. The van der Waals surface area contributed by atoms with Crippen LogP contribution in [0.4, 0.5) is 11.5 Å². The van der Waals surface area contributed by atoms with E-state index in [0.717, 1.165) is 46.2 Å². The Kier molecular flexibility index (Phi) is 8.30. The molecular formula is C29H26ClN5O. The lowest BCUT2D eigenvalue weighted by Gasteiger charge is -2.11. The second-order valence-corrected chi connectivity index (χ2v) is 8.78. The zero-order valence-electron chi connectivity index (χ0n) is 19.9. The van der Waals surface area contributed by atoms with Crippen LogP contribution in [0, 0.1) is 18.3 Å². The molecule has 1 heterocycles. The molecule has 0 spiro atoms. The average Bonchev–Trinajstić information content (AvgIpc) is 2.90. The number of pyridine rings is 1. The summed E-state index contributed by atoms with van der Waals surface area (Å²) in [4.78, 5) is 17.3. The first kappa shape index (κ1) is 24.9. The van der Waals surface area contributed by atoms with E-state index in [2.05, 4.69) is 27.0 Å². The van der Waals surface area contributed by atoms with Gasteiger partial charge in [-0.15, -0.1) is 0 Å². The minimum Gasteiger partial charge on any atom is -0.369 e. The number of amides is 1. The topological polar surface area (TPSA) is 89.8 Å². The fourth-order valence-corrected chi connectivity index (χ4v) is 3.95. The van der Waals surface area contributed by atoms with Crippen molar-refractivity contribution in [2.45, 2.75) is 13.5 Å². The number of benzene rings is 3. The van der Waals surface area contributed by atoms with Crippen LogP contribution in [0.2, 0.25) is 5.02 Å². The first-order chi connectivity index (χ1) is 17.5. The quantitative estimate of drug-likeness (QED) is 0.246. The number of aromatic nitrogens is 1. The average molecular weight is 496 g/mol. The molecule has 7 heteroatoms. The first-order valence-electron chi connectivity index (χ1n) is 11.6. The van der Waals surface area contributed by atoms with Crippen molar-refractivity contribution in [2.24, 2.45) is 0 Å². The van der Waals surface area contributed by atoms with Crippen LogP contribution in [-0.4, -0.2) is 24.0 Å². The van der Waals surface area contributed by atoms with Crippen LogP contribution >= 0.6 is 11.6 Å². The molecule has 0 saturated carbocycles. The summed E-state index contributed by atoms with van der Waals surface area (Å²) >= 11 is 6.01. The predicted molar refractivity (Wildman–Crippen MR) is 145 cm³/mol. The van der Waals surface area contributed by atoms with Crippen LogP contribution in [-0.2, 0) is 6.54 Å². The fourth-order valence-electron chi connectivity index (χ4n) is 3.73. The number of carbonyl (C=O) groups is 1. The van der Waals surface area contributed by atoms with E-state index in [0.29, 0.717) is 23.4 Å². The van der Waals surface area contributed by atoms with Gasteiger partial charge in [0.1, 0.15) is 5.82 Å². The number of nitrogens with one attached hydrogen (secondary N) is 3. The van der Waals surface area contributed by atoms with Gasteiger partial charge in [-0.05, 0) is 77.7 Å². The Labute approximate surface area is 216 Å². The maximum absolute atomic E-state index is 12.9. The van der Waals surface area contributed by atoms with Gasteiger partial charge in [0.2, 0.25) is 0 Å². The highest BCUT2D eigenvalue weighted by Crippen LogP contribution is 2.25. The Balaban J connectivity index is 1.29. The number of nitriles is 1. The highest BCUT2D eigenvalue weighted by atomic mass is 35.5. The number of anilines is 2. The molecule has 36 heavy (non-hydrogen) atoms. The van der Waals surface area contributed by atoms with Crippen LogP contribution in [0.25, 0.3) is 11.1 Å². The van der Waals surface area contributed by atoms with E-state index in [-0.39, 0.29) is 5.91 Å². The summed E-state index contributed by atoms with van der Waals surface area (Å²) in [6.07, 6.45) is 1.63. The van der Waals surface area contributed by atoms with Gasteiger partial charge in [0.15, 0.2) is 0 Å². The highest BCUT2D eigenvalue weighted by Gasteiger charge is 2.10. The molecule has 0 saturated heterocycles. The largest absolute Gasteiger partial charge is 0.369 e. The van der Waals surface area contributed by atoms with Crippen LogP contribution in [0.1, 0.15) is 27.0 Å². The van der Waals surface area contributed by atoms with Gasteiger partial charge in [-0.1, -0.05) is 41.9 Å². The summed E-state index contributed by atoms with van der Waals surface area (Å²) in [7, 11) is 0. The smallest absolute Gasteiger partial charge is 0.255 e. The van der Waals surface area contributed by atoms with Crippen LogP contribution in [0.3, 0.4) is 0 Å². The third kappa shape index (κ3) is 6.70. The predicted octanol–water partition coefficient (Wildman–Crippen LogP) is 6.04. The Morgan fingerprint density at radius 2 is 1.83 bits per heavy atom. The summed E-state index contributed by atoms with van der Waals surface area (Å²) in [5.74, 6) is 0.522. The molecule has 0 atom stereocenters. The van der Waals surface area contributed by atoms with Gasteiger partial charge in [0, 0.05) is 30.2 Å². The van der Waals surface area contributed by atoms with Crippen LogP contribution < -0.4 is 16.0 Å². The molecule has 0 aliphatic rings. The molecule has 0 bridgehead atoms. The number of hydrogen-bond acceptors (Lipinski definition) is 5. The lowest BCUT2D eigenvalue weighted by atomic mass is 9.97. The summed E-state index contributed by atoms with van der Waals surface area (Å²) in [6, 6.07) is 26.5. The van der Waals surface area contributed by atoms with E-state index in [9.17, 15) is 4.79 Å². The maximum Gasteiger partial charge on any atom is 0.255 e. The van der Waals surface area contributed by atoms with Gasteiger partial charge in [-0.3, -0.25) is 4.79 Å². The van der Waals surface area contributed by atoms with Crippen molar-refractivity contribution >= 4 is 29.0 Å². The molecule has 4 aromatic rings. The van der Waals surface area contributed by atoms with E-state index in [4.69, 9.17) is 16.9 Å². The van der Waals surface area contributed by atoms with E-state index >= 15 is 0 Å². The standard InChI is InChI=1S/C29H26ClN5O/c1-20-5-8-24(16-27(20)23-9-6-21(17-31)7-10-23)29(36)35-26-11-12-28(34-19-26)33-14-13-32-18-22-3-2-4-25(30)15-22/h2-12,15-16,19,32H,13-14,18H2,1H3,(H,33,34)(H,35,36). The van der Waals surface area contributed by atoms with Crippen LogP contribution in [0.5, 0.6) is 0 Å². The van der Waals surface area contributed by atoms with Crippen molar-refractivity contribution in [3.05, 3.63) is 112 Å². The van der Waals surface area contributed by atoms with Crippen LogP contribution in [0.15, 0.2) is 85.1 Å². The SMILES string of the molecule is Cc1ccc(C(=O)Nc2ccc(NCCNCc3cccc(Cl)c3)nc2)cc1-c1ccc(C#N)cc1. The maximum atomic E-state index is 12.9. The third-order valence-electron chi connectivity index (χ3n) is 5.67. The van der Waals surface area contributed by atoms with Gasteiger partial charge in [0.05, 0.1) is 23.5 Å². The summed E-state index contributed by atoms with van der Waals surface area (Å²) < 4.78 is 0. The molecule has 1 amide bonds. The van der Waals surface area contributed by atoms with Crippen molar-refractivity contribution in [3.63, 3.8) is 0 Å². The number of aryl methyl sites for hydroxylation is 1. The first-order valence-corrected chi connectivity index (χ1v) is 12.0. The second kappa shape index (κ2) is 12.0. The highest BCUT2D eigenvalue weighted by molar-refractivity contribution is 6.30. The number of rotatable bonds is 9. The van der Waals surface area contributed by atoms with Gasteiger partial charge in [-0.2, -0.15) is 5.26 Å². The molecule has 0 aliphatic carbocycles. The zero-order valence-corrected chi connectivity index (χ0v) is 20.6. The van der Waals surface area contributed by atoms with Gasteiger partial charge < -0.3 is 16.0 Å². The van der Waals surface area contributed by atoms with Gasteiger partial charge in [0.25, 0.3) is 5.91 Å². The normalized spacial score (nSPS) is 10.5. The zero-order chi connectivity index (χ0) is 25.3. The number of carbonyl (C=O) groups excluding carboxylic acids is 1. The van der Waals surface area contributed by atoms with Gasteiger partial charge >= 0.3 is 0 Å². The molecule has 4 rings (SSSR count). The van der Waals surface area contributed by atoms with E-state index in [1.807, 2.05) is 67.6 Å². The number of nitrogens with zero attached hydrogens (tertiary/aromatic N) is 2. The Hall–Kier alpha value is -4.18. The third-order valence-corrected chi connectivity index (χ3v) is 5.91.